The van der Waals surface area contributed by atoms with Crippen LogP contribution < -0.4 is 5.32 Å². The summed E-state index contributed by atoms with van der Waals surface area (Å²) in [5, 5.41) is 18.6. The van der Waals surface area contributed by atoms with Crippen LogP contribution >= 0.6 is 0 Å². The molecule has 1 aromatic heterocycles. The predicted octanol–water partition coefficient (Wildman–Crippen LogP) is 1.13. The number of carbonyl (C=O) groups is 2. The molecule has 1 saturated carbocycles. The average molecular weight is 280 g/mol. The standard InChI is InChI=1S/C13H20N4O3/c1-3-9-14-10(17-16-9)11(18)15-13(12(19)20)6-4-8(2)5-7-13/h8H,3-7H2,1-2H3,(H,15,18)(H,19,20)(H,14,16,17). The van der Waals surface area contributed by atoms with Gasteiger partial charge in [0.15, 0.2) is 0 Å². The molecule has 2 rings (SSSR count). The van der Waals surface area contributed by atoms with Crippen molar-refractivity contribution in [2.24, 2.45) is 5.92 Å². The highest BCUT2D eigenvalue weighted by Crippen LogP contribution is 2.32. The third-order valence-corrected chi connectivity index (χ3v) is 3.96. The van der Waals surface area contributed by atoms with E-state index in [1.54, 1.807) is 0 Å². The number of H-pyrrole nitrogens is 1. The van der Waals surface area contributed by atoms with Gasteiger partial charge in [0.25, 0.3) is 5.91 Å². The smallest absolute Gasteiger partial charge is 0.329 e. The van der Waals surface area contributed by atoms with E-state index in [1.807, 2.05) is 6.92 Å². The number of hydrogen-bond donors (Lipinski definition) is 3. The van der Waals surface area contributed by atoms with Gasteiger partial charge in [0.05, 0.1) is 0 Å². The van der Waals surface area contributed by atoms with Gasteiger partial charge in [-0.3, -0.25) is 9.89 Å². The van der Waals surface area contributed by atoms with Crippen molar-refractivity contribution in [3.63, 3.8) is 0 Å². The van der Waals surface area contributed by atoms with Gasteiger partial charge in [-0.2, -0.15) is 0 Å². The Morgan fingerprint density at radius 2 is 2.10 bits per heavy atom. The molecule has 1 heterocycles. The lowest BCUT2D eigenvalue weighted by Gasteiger charge is -2.36. The molecule has 1 fully saturated rings. The average Bonchev–Trinajstić information content (AvgIpc) is 2.90. The molecule has 3 N–H and O–H groups in total. The number of amides is 1. The number of aliphatic carboxylic acids is 1. The van der Waals surface area contributed by atoms with E-state index in [0.717, 1.165) is 12.8 Å². The van der Waals surface area contributed by atoms with E-state index in [2.05, 4.69) is 27.4 Å². The zero-order valence-electron chi connectivity index (χ0n) is 11.8. The van der Waals surface area contributed by atoms with E-state index >= 15 is 0 Å². The summed E-state index contributed by atoms with van der Waals surface area (Å²) < 4.78 is 0. The van der Waals surface area contributed by atoms with Gasteiger partial charge < -0.3 is 10.4 Å². The number of carboxylic acid groups (broad SMARTS) is 1. The van der Waals surface area contributed by atoms with Crippen LogP contribution in [0.15, 0.2) is 0 Å². The van der Waals surface area contributed by atoms with E-state index in [1.165, 1.54) is 0 Å². The summed E-state index contributed by atoms with van der Waals surface area (Å²) >= 11 is 0. The molecule has 0 atom stereocenters. The van der Waals surface area contributed by atoms with E-state index < -0.39 is 17.4 Å². The van der Waals surface area contributed by atoms with Gasteiger partial charge in [0.1, 0.15) is 11.4 Å². The van der Waals surface area contributed by atoms with E-state index in [0.29, 0.717) is 31.0 Å². The Morgan fingerprint density at radius 1 is 1.45 bits per heavy atom. The summed E-state index contributed by atoms with van der Waals surface area (Å²) in [6.07, 6.45) is 3.12. The van der Waals surface area contributed by atoms with Crippen LogP contribution in [0.1, 0.15) is 56.0 Å². The van der Waals surface area contributed by atoms with Crippen LogP contribution in [0.3, 0.4) is 0 Å². The third-order valence-electron chi connectivity index (χ3n) is 3.96. The van der Waals surface area contributed by atoms with E-state index in [4.69, 9.17) is 0 Å². The largest absolute Gasteiger partial charge is 0.480 e. The third kappa shape index (κ3) is 2.81. The summed E-state index contributed by atoms with van der Waals surface area (Å²) in [6.45, 7) is 3.99. The summed E-state index contributed by atoms with van der Waals surface area (Å²) in [5.41, 5.74) is -1.18. The Balaban J connectivity index is 2.12. The molecule has 0 aromatic carbocycles. The summed E-state index contributed by atoms with van der Waals surface area (Å²) in [7, 11) is 0. The maximum absolute atomic E-state index is 12.1. The van der Waals surface area contributed by atoms with Crippen molar-refractivity contribution in [1.29, 1.82) is 0 Å². The molecule has 1 amide bonds. The van der Waals surface area contributed by atoms with Gasteiger partial charge in [0, 0.05) is 6.42 Å². The highest BCUT2D eigenvalue weighted by Gasteiger charge is 2.43. The summed E-state index contributed by atoms with van der Waals surface area (Å²) in [5.74, 6) is -0.408. The van der Waals surface area contributed by atoms with Crippen molar-refractivity contribution >= 4 is 11.9 Å². The topological polar surface area (TPSA) is 108 Å². The molecule has 7 heteroatoms. The highest BCUT2D eigenvalue weighted by atomic mass is 16.4. The Kier molecular flexibility index (Phi) is 4.06. The Morgan fingerprint density at radius 3 is 2.60 bits per heavy atom. The van der Waals surface area contributed by atoms with Gasteiger partial charge in [-0.15, -0.1) is 5.10 Å². The number of nitrogens with one attached hydrogen (secondary N) is 2. The number of nitrogens with zero attached hydrogens (tertiary/aromatic N) is 2. The fourth-order valence-electron chi connectivity index (χ4n) is 2.48. The van der Waals surface area contributed by atoms with Crippen LogP contribution in [0, 0.1) is 5.92 Å². The first-order chi connectivity index (χ1) is 9.47. The van der Waals surface area contributed by atoms with Crippen molar-refractivity contribution in [2.75, 3.05) is 0 Å². The van der Waals surface area contributed by atoms with Crippen LogP contribution in [0.2, 0.25) is 0 Å². The van der Waals surface area contributed by atoms with Gasteiger partial charge >= 0.3 is 5.97 Å². The minimum Gasteiger partial charge on any atom is -0.480 e. The molecule has 0 radical (unpaired) electrons. The summed E-state index contributed by atoms with van der Waals surface area (Å²) in [4.78, 5) is 27.7. The van der Waals surface area contributed by atoms with Crippen LogP contribution in [0.5, 0.6) is 0 Å². The lowest BCUT2D eigenvalue weighted by molar-refractivity contribution is -0.146. The van der Waals surface area contributed by atoms with Crippen LogP contribution in [-0.4, -0.2) is 37.7 Å². The van der Waals surface area contributed by atoms with Gasteiger partial charge in [-0.05, 0) is 31.6 Å². The lowest BCUT2D eigenvalue weighted by atomic mass is 9.77. The fourth-order valence-corrected chi connectivity index (χ4v) is 2.48. The van der Waals surface area contributed by atoms with Crippen LogP contribution in [0.4, 0.5) is 0 Å². The molecule has 7 nitrogen and oxygen atoms in total. The number of aromatic nitrogens is 3. The first-order valence-electron chi connectivity index (χ1n) is 6.94. The SMILES string of the molecule is CCc1nc(C(=O)NC2(C(=O)O)CCC(C)CC2)n[nH]1. The second-order valence-corrected chi connectivity index (χ2v) is 5.48. The number of carboxylic acids is 1. The normalized spacial score (nSPS) is 26.2. The van der Waals surface area contributed by atoms with Crippen molar-refractivity contribution in [2.45, 2.75) is 51.5 Å². The fraction of sp³-hybridized carbons (Fsp3) is 0.692. The van der Waals surface area contributed by atoms with Crippen molar-refractivity contribution < 1.29 is 14.7 Å². The number of hydrogen-bond acceptors (Lipinski definition) is 4. The lowest BCUT2D eigenvalue weighted by Crippen LogP contribution is -2.56. The number of rotatable bonds is 4. The molecule has 1 aromatic rings. The molecule has 0 aliphatic heterocycles. The molecule has 1 aliphatic carbocycles. The second-order valence-electron chi connectivity index (χ2n) is 5.48. The molecular weight excluding hydrogens is 260 g/mol. The molecular formula is C13H20N4O3. The molecule has 110 valence electrons. The Bertz CT molecular complexity index is 503. The van der Waals surface area contributed by atoms with Gasteiger partial charge in [0.2, 0.25) is 5.82 Å². The van der Waals surface area contributed by atoms with Crippen molar-refractivity contribution in [3.05, 3.63) is 11.6 Å². The van der Waals surface area contributed by atoms with Gasteiger partial charge in [-0.25, -0.2) is 9.78 Å². The van der Waals surface area contributed by atoms with Crippen molar-refractivity contribution in [3.8, 4) is 0 Å². The molecule has 20 heavy (non-hydrogen) atoms. The maximum Gasteiger partial charge on any atom is 0.329 e. The first kappa shape index (κ1) is 14.5. The minimum absolute atomic E-state index is 0.00102. The number of carbonyl (C=O) groups excluding carboxylic acids is 1. The zero-order chi connectivity index (χ0) is 14.8. The van der Waals surface area contributed by atoms with Crippen LogP contribution in [-0.2, 0) is 11.2 Å². The number of aryl methyl sites for hydroxylation is 1. The minimum atomic E-state index is -1.18. The van der Waals surface area contributed by atoms with Crippen molar-refractivity contribution in [1.82, 2.24) is 20.5 Å². The quantitative estimate of drug-likeness (QED) is 0.766. The van der Waals surface area contributed by atoms with Crippen LogP contribution in [0.25, 0.3) is 0 Å². The molecule has 0 spiro atoms. The highest BCUT2D eigenvalue weighted by molar-refractivity contribution is 5.95. The van der Waals surface area contributed by atoms with E-state index in [9.17, 15) is 14.7 Å². The maximum atomic E-state index is 12.1. The molecule has 1 aliphatic rings. The van der Waals surface area contributed by atoms with Gasteiger partial charge in [-0.1, -0.05) is 13.8 Å². The molecule has 0 bridgehead atoms. The zero-order valence-corrected chi connectivity index (χ0v) is 11.8. The predicted molar refractivity (Wildman–Crippen MR) is 71.2 cm³/mol. The summed E-state index contributed by atoms with van der Waals surface area (Å²) in [6, 6.07) is 0. The second kappa shape index (κ2) is 5.60. The molecule has 0 saturated heterocycles. The first-order valence-corrected chi connectivity index (χ1v) is 6.94. The number of aromatic amines is 1. The monoisotopic (exact) mass is 280 g/mol. The Labute approximate surface area is 117 Å². The van der Waals surface area contributed by atoms with E-state index in [-0.39, 0.29) is 5.82 Å². The molecule has 0 unspecified atom stereocenters. The Hall–Kier alpha value is -1.92.